The number of alkyl halides is 6. The van der Waals surface area contributed by atoms with Crippen LogP contribution in [0.25, 0.3) is 0 Å². The van der Waals surface area contributed by atoms with Crippen molar-refractivity contribution in [3.05, 3.63) is 70.8 Å². The Hall–Kier alpha value is -3.08. The molecule has 0 aromatic heterocycles. The molecular weight excluding hydrogens is 512 g/mol. The summed E-state index contributed by atoms with van der Waals surface area (Å²) in [7, 11) is 0. The molecule has 0 spiro atoms. The Morgan fingerprint density at radius 2 is 1.42 bits per heavy atom. The predicted octanol–water partition coefficient (Wildman–Crippen LogP) is 5.62. The van der Waals surface area contributed by atoms with Gasteiger partial charge in [-0.2, -0.15) is 26.3 Å². The molecule has 206 valence electrons. The molecule has 1 saturated carbocycles. The molecule has 2 atom stereocenters. The fourth-order valence-corrected chi connectivity index (χ4v) is 5.14. The van der Waals surface area contributed by atoms with E-state index in [0.29, 0.717) is 37.8 Å². The van der Waals surface area contributed by atoms with Gasteiger partial charge < -0.3 is 10.6 Å². The van der Waals surface area contributed by atoms with Gasteiger partial charge in [-0.15, -0.1) is 0 Å². The first-order valence-electron chi connectivity index (χ1n) is 12.6. The maximum Gasteiger partial charge on any atom is 0.416 e. The highest BCUT2D eigenvalue weighted by atomic mass is 19.4. The normalized spacial score (nSPS) is 24.2. The van der Waals surface area contributed by atoms with Crippen molar-refractivity contribution in [3.63, 3.8) is 0 Å². The first-order valence-corrected chi connectivity index (χ1v) is 12.6. The lowest BCUT2D eigenvalue weighted by Gasteiger charge is -2.30. The van der Waals surface area contributed by atoms with Crippen LogP contribution in [-0.2, 0) is 17.1 Å². The Labute approximate surface area is 216 Å². The smallest absolute Gasteiger partial charge is 0.352 e. The highest BCUT2D eigenvalue weighted by Gasteiger charge is 2.38. The molecule has 1 aliphatic carbocycles. The Bertz CT molecular complexity index is 1100. The Balaban J connectivity index is 1.24. The van der Waals surface area contributed by atoms with Crippen LogP contribution >= 0.6 is 0 Å². The molecule has 2 aliphatic rings. The van der Waals surface area contributed by atoms with E-state index in [4.69, 9.17) is 0 Å². The molecule has 1 saturated heterocycles. The van der Waals surface area contributed by atoms with Crippen molar-refractivity contribution in [1.29, 1.82) is 0 Å². The first kappa shape index (κ1) is 27.9. The molecule has 5 nitrogen and oxygen atoms in total. The molecule has 2 fully saturated rings. The standard InChI is InChI=1S/C27H29F6N3O2/c28-26(29,30)19-12-18(13-20(14-19)27(31,32)33)24(37)34-15-16-6-8-21(9-7-16)35-25(38)23-11-10-22(36-23)17-4-2-1-3-5-17/h1-5,12-14,16,21-23,36H,6-11,15H2,(H,34,37)(H,35,38)/t16?,21?,22-,23+/m1/s1. The second-order valence-electron chi connectivity index (χ2n) is 9.99. The highest BCUT2D eigenvalue weighted by molar-refractivity contribution is 5.94. The molecule has 0 unspecified atom stereocenters. The lowest BCUT2D eigenvalue weighted by Crippen LogP contribution is -2.47. The summed E-state index contributed by atoms with van der Waals surface area (Å²) in [5.41, 5.74) is -2.60. The van der Waals surface area contributed by atoms with E-state index in [2.05, 4.69) is 16.0 Å². The molecule has 3 N–H and O–H groups in total. The number of nitrogens with one attached hydrogen (secondary N) is 3. The number of rotatable bonds is 6. The molecule has 2 aromatic rings. The van der Waals surface area contributed by atoms with Crippen LogP contribution in [0, 0.1) is 5.92 Å². The second kappa shape index (κ2) is 11.3. The number of halogens is 6. The molecule has 4 rings (SSSR count). The molecule has 11 heteroatoms. The van der Waals surface area contributed by atoms with Crippen molar-refractivity contribution in [3.8, 4) is 0 Å². The summed E-state index contributed by atoms with van der Waals surface area (Å²) in [4.78, 5) is 25.2. The number of hydrogen-bond acceptors (Lipinski definition) is 3. The summed E-state index contributed by atoms with van der Waals surface area (Å²) in [6.07, 6.45) is -5.78. The van der Waals surface area contributed by atoms with E-state index in [-0.39, 0.29) is 42.6 Å². The van der Waals surface area contributed by atoms with Gasteiger partial charge in [0.1, 0.15) is 0 Å². The molecular formula is C27H29F6N3O2. The first-order chi connectivity index (χ1) is 17.9. The summed E-state index contributed by atoms with van der Waals surface area (Å²) in [6, 6.07) is 10.6. The molecule has 1 aliphatic heterocycles. The maximum atomic E-state index is 13.1. The van der Waals surface area contributed by atoms with Crippen LogP contribution in [-0.4, -0.2) is 30.4 Å². The minimum atomic E-state index is -5.02. The summed E-state index contributed by atoms with van der Waals surface area (Å²) < 4.78 is 78.4. The average Bonchev–Trinajstić information content (AvgIpc) is 3.38. The number of amides is 2. The molecule has 38 heavy (non-hydrogen) atoms. The third-order valence-corrected chi connectivity index (χ3v) is 7.26. The van der Waals surface area contributed by atoms with Crippen molar-refractivity contribution in [2.24, 2.45) is 5.92 Å². The monoisotopic (exact) mass is 541 g/mol. The number of benzene rings is 2. The van der Waals surface area contributed by atoms with Crippen LogP contribution in [0.5, 0.6) is 0 Å². The largest absolute Gasteiger partial charge is 0.416 e. The fourth-order valence-electron chi connectivity index (χ4n) is 5.14. The predicted molar refractivity (Wildman–Crippen MR) is 128 cm³/mol. The van der Waals surface area contributed by atoms with Gasteiger partial charge in [-0.25, -0.2) is 0 Å². The second-order valence-corrected chi connectivity index (χ2v) is 9.99. The Morgan fingerprint density at radius 1 is 0.816 bits per heavy atom. The Kier molecular flexibility index (Phi) is 8.34. The van der Waals surface area contributed by atoms with Gasteiger partial charge in [-0.05, 0) is 68.2 Å². The van der Waals surface area contributed by atoms with Crippen molar-refractivity contribution >= 4 is 11.8 Å². The van der Waals surface area contributed by atoms with Gasteiger partial charge in [0.25, 0.3) is 5.91 Å². The summed E-state index contributed by atoms with van der Waals surface area (Å²) in [6.45, 7) is 0.125. The van der Waals surface area contributed by atoms with Crippen LogP contribution in [0.15, 0.2) is 48.5 Å². The van der Waals surface area contributed by atoms with E-state index < -0.39 is 35.0 Å². The summed E-state index contributed by atoms with van der Waals surface area (Å²) in [5, 5.41) is 8.94. The van der Waals surface area contributed by atoms with Crippen molar-refractivity contribution in [1.82, 2.24) is 16.0 Å². The van der Waals surface area contributed by atoms with E-state index in [1.165, 1.54) is 0 Å². The summed E-state index contributed by atoms with van der Waals surface area (Å²) in [5.74, 6) is -1.03. The molecule has 2 amide bonds. The minimum Gasteiger partial charge on any atom is -0.352 e. The van der Waals surface area contributed by atoms with E-state index in [1.807, 2.05) is 30.3 Å². The third-order valence-electron chi connectivity index (χ3n) is 7.26. The van der Waals surface area contributed by atoms with Gasteiger partial charge in [-0.1, -0.05) is 30.3 Å². The van der Waals surface area contributed by atoms with Crippen LogP contribution in [0.1, 0.15) is 71.6 Å². The van der Waals surface area contributed by atoms with E-state index in [1.54, 1.807) is 0 Å². The topological polar surface area (TPSA) is 70.2 Å². The Morgan fingerprint density at radius 3 is 2.00 bits per heavy atom. The maximum absolute atomic E-state index is 13.1. The van der Waals surface area contributed by atoms with Crippen LogP contribution in [0.2, 0.25) is 0 Å². The SMILES string of the molecule is O=C(NCC1CCC(NC(=O)[C@@H]2CC[C@H](c3ccccc3)N2)CC1)c1cc(C(F)(F)F)cc(C(F)(F)F)c1. The van der Waals surface area contributed by atoms with Gasteiger partial charge in [0.05, 0.1) is 17.2 Å². The average molecular weight is 542 g/mol. The minimum absolute atomic E-state index is 0.00470. The lowest BCUT2D eigenvalue weighted by molar-refractivity contribution is -0.143. The van der Waals surface area contributed by atoms with Crippen LogP contribution in [0.3, 0.4) is 0 Å². The number of carbonyl (C=O) groups excluding carboxylic acids is 2. The van der Waals surface area contributed by atoms with Gasteiger partial charge >= 0.3 is 12.4 Å². The van der Waals surface area contributed by atoms with E-state index in [0.717, 1.165) is 18.4 Å². The zero-order valence-electron chi connectivity index (χ0n) is 20.5. The van der Waals surface area contributed by atoms with Crippen molar-refractivity contribution in [2.45, 2.75) is 69.0 Å². The van der Waals surface area contributed by atoms with Gasteiger partial charge in [0.2, 0.25) is 5.91 Å². The number of carbonyl (C=O) groups is 2. The third kappa shape index (κ3) is 7.06. The quantitative estimate of drug-likeness (QED) is 0.416. The molecule has 2 aromatic carbocycles. The van der Waals surface area contributed by atoms with Crippen molar-refractivity contribution < 1.29 is 35.9 Å². The van der Waals surface area contributed by atoms with Gasteiger partial charge in [-0.3, -0.25) is 14.9 Å². The van der Waals surface area contributed by atoms with Gasteiger partial charge in [0.15, 0.2) is 0 Å². The summed E-state index contributed by atoms with van der Waals surface area (Å²) >= 11 is 0. The lowest BCUT2D eigenvalue weighted by atomic mass is 9.85. The molecule has 0 bridgehead atoms. The number of hydrogen-bond donors (Lipinski definition) is 3. The van der Waals surface area contributed by atoms with Crippen LogP contribution < -0.4 is 16.0 Å². The molecule has 1 heterocycles. The van der Waals surface area contributed by atoms with Crippen LogP contribution in [0.4, 0.5) is 26.3 Å². The van der Waals surface area contributed by atoms with Gasteiger partial charge in [0, 0.05) is 24.2 Å². The van der Waals surface area contributed by atoms with E-state index in [9.17, 15) is 35.9 Å². The molecule has 0 radical (unpaired) electrons. The fraction of sp³-hybridized carbons (Fsp3) is 0.481. The zero-order chi connectivity index (χ0) is 27.5. The zero-order valence-corrected chi connectivity index (χ0v) is 20.5. The highest BCUT2D eigenvalue weighted by Crippen LogP contribution is 2.36. The van der Waals surface area contributed by atoms with E-state index >= 15 is 0 Å². The van der Waals surface area contributed by atoms with Crippen molar-refractivity contribution in [2.75, 3.05) is 6.54 Å².